The third-order valence-corrected chi connectivity index (χ3v) is 3.83. The van der Waals surface area contributed by atoms with Crippen LogP contribution in [0.5, 0.6) is 0 Å². The summed E-state index contributed by atoms with van der Waals surface area (Å²) in [5.41, 5.74) is 6.83. The Labute approximate surface area is 99.5 Å². The monoisotopic (exact) mass is 239 g/mol. The first-order valence-electron chi connectivity index (χ1n) is 5.65. The summed E-state index contributed by atoms with van der Waals surface area (Å²) in [5.74, 6) is 0.179. The fourth-order valence-electron chi connectivity index (χ4n) is 1.89. The molecule has 1 unspecified atom stereocenters. The van der Waals surface area contributed by atoms with E-state index in [4.69, 9.17) is 5.73 Å². The Kier molecular flexibility index (Phi) is 3.56. The summed E-state index contributed by atoms with van der Waals surface area (Å²) < 4.78 is 0. The van der Waals surface area contributed by atoms with E-state index in [1.165, 1.54) is 5.01 Å². The first kappa shape index (κ1) is 11.5. The fourth-order valence-corrected chi connectivity index (χ4v) is 2.67. The number of thiazole rings is 1. The maximum Gasteiger partial charge on any atom is 0.224 e. The number of aryl methyl sites for hydroxylation is 1. The van der Waals surface area contributed by atoms with Crippen molar-refractivity contribution in [3.8, 4) is 0 Å². The van der Waals surface area contributed by atoms with E-state index in [0.717, 1.165) is 25.1 Å². The van der Waals surface area contributed by atoms with E-state index in [1.54, 1.807) is 11.3 Å². The lowest BCUT2D eigenvalue weighted by atomic mass is 10.3. The van der Waals surface area contributed by atoms with Gasteiger partial charge < -0.3 is 10.6 Å². The molecule has 0 aromatic carbocycles. The molecule has 1 aromatic rings. The first-order valence-corrected chi connectivity index (χ1v) is 6.53. The lowest BCUT2D eigenvalue weighted by Crippen LogP contribution is -2.30. The van der Waals surface area contributed by atoms with Gasteiger partial charge in [0.2, 0.25) is 5.91 Å². The predicted molar refractivity (Wildman–Crippen MR) is 64.4 cm³/mol. The molecule has 2 rings (SSSR count). The molecular weight excluding hydrogens is 222 g/mol. The molecule has 1 fully saturated rings. The molecule has 1 aromatic heterocycles. The molecule has 1 aliphatic rings. The topological polar surface area (TPSA) is 59.2 Å². The van der Waals surface area contributed by atoms with Crippen molar-refractivity contribution in [1.82, 2.24) is 9.88 Å². The van der Waals surface area contributed by atoms with Crippen molar-refractivity contribution in [3.63, 3.8) is 0 Å². The number of carbonyl (C=O) groups excluding carboxylic acids is 1. The second-order valence-electron chi connectivity index (χ2n) is 4.14. The number of hydrogen-bond acceptors (Lipinski definition) is 4. The minimum atomic E-state index is 0.0223. The maximum atomic E-state index is 11.5. The highest BCUT2D eigenvalue weighted by molar-refractivity contribution is 7.09. The highest BCUT2D eigenvalue weighted by Crippen LogP contribution is 2.13. The fraction of sp³-hybridized carbons (Fsp3) is 0.636. The molecule has 0 aliphatic carbocycles. The third-order valence-electron chi connectivity index (χ3n) is 2.78. The Hall–Kier alpha value is -0.940. The summed E-state index contributed by atoms with van der Waals surface area (Å²) in [6, 6.07) is 0.0223. The van der Waals surface area contributed by atoms with Gasteiger partial charge in [-0.25, -0.2) is 4.98 Å². The number of aromatic nitrogens is 1. The summed E-state index contributed by atoms with van der Waals surface area (Å²) in [7, 11) is 0. The van der Waals surface area contributed by atoms with Crippen molar-refractivity contribution >= 4 is 17.2 Å². The lowest BCUT2D eigenvalue weighted by Gasteiger charge is -2.14. The minimum absolute atomic E-state index is 0.0223. The second kappa shape index (κ2) is 4.93. The molecule has 2 heterocycles. The Morgan fingerprint density at radius 1 is 1.69 bits per heavy atom. The molecule has 1 saturated heterocycles. The van der Waals surface area contributed by atoms with Crippen LogP contribution >= 0.6 is 11.3 Å². The van der Waals surface area contributed by atoms with Gasteiger partial charge in [-0.1, -0.05) is 6.92 Å². The van der Waals surface area contributed by atoms with Crippen molar-refractivity contribution in [2.24, 2.45) is 5.73 Å². The van der Waals surface area contributed by atoms with Crippen LogP contribution in [0.4, 0.5) is 0 Å². The summed E-state index contributed by atoms with van der Waals surface area (Å²) in [4.78, 5) is 17.8. The Bertz CT molecular complexity index is 377. The van der Waals surface area contributed by atoms with Crippen molar-refractivity contribution < 1.29 is 4.79 Å². The van der Waals surface area contributed by atoms with Crippen LogP contribution in [0.1, 0.15) is 24.0 Å². The van der Waals surface area contributed by atoms with Gasteiger partial charge in [-0.05, 0) is 6.42 Å². The average Bonchev–Trinajstić information content (AvgIpc) is 2.82. The SMILES string of the molecule is CCc1nc(CCN2CC(N)CC2=O)cs1. The van der Waals surface area contributed by atoms with Crippen LogP contribution in [0.2, 0.25) is 0 Å². The lowest BCUT2D eigenvalue weighted by molar-refractivity contribution is -0.127. The molecule has 4 nitrogen and oxygen atoms in total. The van der Waals surface area contributed by atoms with Crippen LogP contribution < -0.4 is 5.73 Å². The summed E-state index contributed by atoms with van der Waals surface area (Å²) in [6.07, 6.45) is 2.32. The van der Waals surface area contributed by atoms with Gasteiger partial charge in [0.15, 0.2) is 0 Å². The van der Waals surface area contributed by atoms with Gasteiger partial charge in [0, 0.05) is 37.4 Å². The summed E-state index contributed by atoms with van der Waals surface area (Å²) in [5, 5.41) is 3.25. The quantitative estimate of drug-likeness (QED) is 0.845. The number of rotatable bonds is 4. The Morgan fingerprint density at radius 3 is 3.06 bits per heavy atom. The molecule has 0 spiro atoms. The van der Waals surface area contributed by atoms with E-state index in [-0.39, 0.29) is 11.9 Å². The molecule has 1 amide bonds. The zero-order valence-corrected chi connectivity index (χ0v) is 10.3. The van der Waals surface area contributed by atoms with Gasteiger partial charge in [-0.2, -0.15) is 0 Å². The van der Waals surface area contributed by atoms with E-state index >= 15 is 0 Å². The zero-order chi connectivity index (χ0) is 11.5. The number of nitrogens with two attached hydrogens (primary N) is 1. The van der Waals surface area contributed by atoms with Crippen molar-refractivity contribution in [2.45, 2.75) is 32.2 Å². The normalized spacial score (nSPS) is 20.8. The molecule has 0 bridgehead atoms. The van der Waals surface area contributed by atoms with E-state index < -0.39 is 0 Å². The number of nitrogens with zero attached hydrogens (tertiary/aromatic N) is 2. The maximum absolute atomic E-state index is 11.5. The Morgan fingerprint density at radius 2 is 2.50 bits per heavy atom. The average molecular weight is 239 g/mol. The van der Waals surface area contributed by atoms with E-state index in [0.29, 0.717) is 13.0 Å². The molecule has 1 aliphatic heterocycles. The third kappa shape index (κ3) is 2.59. The van der Waals surface area contributed by atoms with Gasteiger partial charge in [0.1, 0.15) is 0 Å². The van der Waals surface area contributed by atoms with E-state index in [2.05, 4.69) is 17.3 Å². The van der Waals surface area contributed by atoms with Gasteiger partial charge in [0.25, 0.3) is 0 Å². The molecule has 2 N–H and O–H groups in total. The number of hydrogen-bond donors (Lipinski definition) is 1. The molecule has 1 atom stereocenters. The van der Waals surface area contributed by atoms with Gasteiger partial charge in [-0.15, -0.1) is 11.3 Å². The highest BCUT2D eigenvalue weighted by Gasteiger charge is 2.26. The predicted octanol–water partition coefficient (Wildman–Crippen LogP) is 0.808. The van der Waals surface area contributed by atoms with Crippen molar-refractivity contribution in [2.75, 3.05) is 13.1 Å². The molecule has 0 saturated carbocycles. The zero-order valence-electron chi connectivity index (χ0n) is 9.48. The van der Waals surface area contributed by atoms with E-state index in [9.17, 15) is 4.79 Å². The molecule has 16 heavy (non-hydrogen) atoms. The molecule has 0 radical (unpaired) electrons. The summed E-state index contributed by atoms with van der Waals surface area (Å²) >= 11 is 1.69. The van der Waals surface area contributed by atoms with Gasteiger partial charge >= 0.3 is 0 Å². The second-order valence-corrected chi connectivity index (χ2v) is 5.08. The summed E-state index contributed by atoms with van der Waals surface area (Å²) in [6.45, 7) is 3.55. The largest absolute Gasteiger partial charge is 0.341 e. The first-order chi connectivity index (χ1) is 7.69. The van der Waals surface area contributed by atoms with Crippen LogP contribution in [0.3, 0.4) is 0 Å². The number of likely N-dealkylation sites (tertiary alicyclic amines) is 1. The van der Waals surface area contributed by atoms with Crippen molar-refractivity contribution in [1.29, 1.82) is 0 Å². The van der Waals surface area contributed by atoms with Crippen molar-refractivity contribution in [3.05, 3.63) is 16.1 Å². The standard InChI is InChI=1S/C11H17N3OS/c1-2-10-13-9(7-16-10)3-4-14-6-8(12)5-11(14)15/h7-8H,2-6,12H2,1H3. The number of amides is 1. The minimum Gasteiger partial charge on any atom is -0.341 e. The smallest absolute Gasteiger partial charge is 0.224 e. The molecule has 88 valence electrons. The van der Waals surface area contributed by atoms with Crippen LogP contribution in [0, 0.1) is 0 Å². The van der Waals surface area contributed by atoms with Gasteiger partial charge in [0.05, 0.1) is 10.7 Å². The van der Waals surface area contributed by atoms with Crippen LogP contribution in [-0.4, -0.2) is 34.9 Å². The Balaban J connectivity index is 1.85. The molecule has 5 heteroatoms. The van der Waals surface area contributed by atoms with E-state index in [1.807, 2.05) is 4.90 Å². The van der Waals surface area contributed by atoms with Gasteiger partial charge in [-0.3, -0.25) is 4.79 Å². The molecular formula is C11H17N3OS. The van der Waals surface area contributed by atoms with Crippen LogP contribution in [0.15, 0.2) is 5.38 Å². The highest BCUT2D eigenvalue weighted by atomic mass is 32.1. The van der Waals surface area contributed by atoms with Crippen LogP contribution in [-0.2, 0) is 17.6 Å². The number of carbonyl (C=O) groups is 1. The van der Waals surface area contributed by atoms with Crippen LogP contribution in [0.25, 0.3) is 0 Å².